The van der Waals surface area contributed by atoms with Crippen LogP contribution in [0.15, 0.2) is 0 Å². The molecule has 5 heavy (non-hydrogen) atoms. The standard InChI is InChI=1S/H4NO3P/c1-4-5(2)3/h2-3H,1H2/p+1. The molecule has 0 aliphatic carbocycles. The van der Waals surface area contributed by atoms with E-state index in [4.69, 9.17) is 9.79 Å². The molecule has 0 aliphatic heterocycles. The average molecular weight is 98.0 g/mol. The molecule has 0 amide bonds. The zero-order chi connectivity index (χ0) is 4.28. The van der Waals surface area contributed by atoms with Gasteiger partial charge in [0, 0.05) is 0 Å². The van der Waals surface area contributed by atoms with E-state index in [2.05, 4.69) is 10.5 Å². The molecule has 0 heterocycles. The zero-order valence-corrected chi connectivity index (χ0v) is 3.22. The molecule has 0 unspecified atom stereocenters. The molecule has 5 heteroatoms. The van der Waals surface area contributed by atoms with Crippen molar-refractivity contribution >= 4 is 8.60 Å². The molecule has 0 saturated carbocycles. The van der Waals surface area contributed by atoms with E-state index in [1.54, 1.807) is 0 Å². The van der Waals surface area contributed by atoms with Crippen molar-refractivity contribution in [3.63, 3.8) is 0 Å². The van der Waals surface area contributed by atoms with Gasteiger partial charge in [0.15, 0.2) is 0 Å². The number of nitrogens with two attached hydrogens (primary N) is 1. The SMILES string of the molecule is NOP(O)O.[H+]. The lowest BCUT2D eigenvalue weighted by Crippen LogP contribution is -1.89. The van der Waals surface area contributed by atoms with E-state index >= 15 is 0 Å². The Kier molecular flexibility index (Phi) is 2.64. The van der Waals surface area contributed by atoms with Crippen LogP contribution in [0.4, 0.5) is 0 Å². The number of hydrogen-bond acceptors (Lipinski definition) is 4. The van der Waals surface area contributed by atoms with E-state index in [0.717, 1.165) is 0 Å². The van der Waals surface area contributed by atoms with E-state index in [1.165, 1.54) is 0 Å². The number of rotatable bonds is 1. The highest BCUT2D eigenvalue weighted by molar-refractivity contribution is 7.39. The predicted molar refractivity (Wildman–Crippen MR) is 17.7 cm³/mol. The molecule has 0 fully saturated rings. The van der Waals surface area contributed by atoms with Gasteiger partial charge in [-0.2, -0.15) is 0 Å². The summed E-state index contributed by atoms with van der Waals surface area (Å²) >= 11 is 0. The summed E-state index contributed by atoms with van der Waals surface area (Å²) in [6.07, 6.45) is 0. The van der Waals surface area contributed by atoms with E-state index in [1.807, 2.05) is 0 Å². The van der Waals surface area contributed by atoms with Crippen LogP contribution < -0.4 is 5.90 Å². The van der Waals surface area contributed by atoms with E-state index in [-0.39, 0.29) is 1.43 Å². The van der Waals surface area contributed by atoms with Gasteiger partial charge in [-0.15, -0.1) is 0 Å². The fourth-order valence-corrected chi connectivity index (χ4v) is 0. The molecule has 0 rings (SSSR count). The minimum atomic E-state index is -2.32. The second-order valence-electron chi connectivity index (χ2n) is 0.358. The van der Waals surface area contributed by atoms with Gasteiger partial charge in [0.2, 0.25) is 0 Å². The average Bonchev–Trinajstić information content (AvgIpc) is 1.38. The van der Waals surface area contributed by atoms with Crippen LogP contribution in [-0.2, 0) is 4.62 Å². The first-order valence-electron chi connectivity index (χ1n) is 0.818. The van der Waals surface area contributed by atoms with Gasteiger partial charge >= 0.3 is 10.0 Å². The Hall–Kier alpha value is 0.270. The van der Waals surface area contributed by atoms with Crippen molar-refractivity contribution in [3.05, 3.63) is 0 Å². The van der Waals surface area contributed by atoms with Gasteiger partial charge in [-0.05, 0) is 0 Å². The summed E-state index contributed by atoms with van der Waals surface area (Å²) in [5, 5.41) is 0. The van der Waals surface area contributed by atoms with Gasteiger partial charge in [-0.1, -0.05) is 0 Å². The van der Waals surface area contributed by atoms with Crippen LogP contribution in [0.3, 0.4) is 0 Å². The maximum Gasteiger partial charge on any atom is 1.00 e. The van der Waals surface area contributed by atoms with Crippen molar-refractivity contribution in [1.29, 1.82) is 0 Å². The molecule has 0 saturated heterocycles. The molecular weight excluding hydrogens is 93.0 g/mol. The van der Waals surface area contributed by atoms with Crippen molar-refractivity contribution in [2.45, 2.75) is 0 Å². The first-order valence-corrected chi connectivity index (χ1v) is 1.98. The van der Waals surface area contributed by atoms with Crippen molar-refractivity contribution in [2.75, 3.05) is 0 Å². The molecule has 0 radical (unpaired) electrons. The van der Waals surface area contributed by atoms with E-state index in [9.17, 15) is 0 Å². The van der Waals surface area contributed by atoms with Gasteiger partial charge in [0.05, 0.1) is 0 Å². The summed E-state index contributed by atoms with van der Waals surface area (Å²) in [5.41, 5.74) is 0. The Morgan fingerprint density at radius 2 is 2.00 bits per heavy atom. The Morgan fingerprint density at radius 3 is 2.00 bits per heavy atom. The lowest BCUT2D eigenvalue weighted by molar-refractivity contribution is 0.263. The Morgan fingerprint density at radius 1 is 1.80 bits per heavy atom. The largest absolute Gasteiger partial charge is 1.00 e. The minimum absolute atomic E-state index is 0. The molecule has 0 aromatic rings. The van der Waals surface area contributed by atoms with Crippen molar-refractivity contribution in [2.24, 2.45) is 5.90 Å². The van der Waals surface area contributed by atoms with Crippen LogP contribution in [0.1, 0.15) is 1.43 Å². The highest BCUT2D eigenvalue weighted by atomic mass is 31.2. The maximum absolute atomic E-state index is 7.63. The quantitative estimate of drug-likeness (QED) is 0.296. The molecule has 0 bridgehead atoms. The molecular formula is H5NO3P+. The molecule has 0 aromatic heterocycles. The third kappa shape index (κ3) is 4.27. The summed E-state index contributed by atoms with van der Waals surface area (Å²) in [5.74, 6) is 4.20. The van der Waals surface area contributed by atoms with Crippen LogP contribution in [0.25, 0.3) is 0 Å². The Balaban J connectivity index is 0. The first-order chi connectivity index (χ1) is 2.27. The van der Waals surface area contributed by atoms with Crippen LogP contribution in [-0.4, -0.2) is 9.79 Å². The Bertz CT molecular complexity index is 24.8. The number of hydrogen-bond donors (Lipinski definition) is 3. The van der Waals surface area contributed by atoms with Crippen molar-refractivity contribution in [1.82, 2.24) is 0 Å². The normalized spacial score (nSPS) is 9.60. The van der Waals surface area contributed by atoms with Gasteiger partial charge < -0.3 is 9.79 Å². The molecule has 0 spiro atoms. The summed E-state index contributed by atoms with van der Waals surface area (Å²) in [7, 11) is -2.32. The highest BCUT2D eigenvalue weighted by Gasteiger charge is 1.87. The fourth-order valence-electron chi connectivity index (χ4n) is 0. The van der Waals surface area contributed by atoms with E-state index in [0.29, 0.717) is 0 Å². The van der Waals surface area contributed by atoms with Crippen molar-refractivity contribution in [3.8, 4) is 0 Å². The van der Waals surface area contributed by atoms with Crippen LogP contribution in [0, 0.1) is 0 Å². The molecule has 0 aromatic carbocycles. The first kappa shape index (κ1) is 5.27. The lowest BCUT2D eigenvalue weighted by atomic mass is 13.6. The summed E-state index contributed by atoms with van der Waals surface area (Å²) in [6.45, 7) is 0. The van der Waals surface area contributed by atoms with Gasteiger partial charge in [-0.3, -0.25) is 0 Å². The molecule has 4 nitrogen and oxygen atoms in total. The van der Waals surface area contributed by atoms with Crippen LogP contribution in [0.5, 0.6) is 0 Å². The van der Waals surface area contributed by atoms with Crippen LogP contribution >= 0.6 is 8.60 Å². The van der Waals surface area contributed by atoms with Crippen molar-refractivity contribution < 1.29 is 15.8 Å². The third-order valence-electron chi connectivity index (χ3n) is 0.0943. The van der Waals surface area contributed by atoms with Gasteiger partial charge in [-0.25, -0.2) is 10.5 Å². The monoisotopic (exact) mass is 98.0 g/mol. The lowest BCUT2D eigenvalue weighted by Gasteiger charge is -1.88. The third-order valence-corrected chi connectivity index (χ3v) is 0.283. The minimum Gasteiger partial charge on any atom is -0.327 e. The predicted octanol–water partition coefficient (Wildman–Crippen LogP) is -0.799. The second-order valence-corrected chi connectivity index (χ2v) is 1.07. The summed E-state index contributed by atoms with van der Waals surface area (Å²) in [4.78, 5) is 15.3. The summed E-state index contributed by atoms with van der Waals surface area (Å²) < 4.78 is 3.43. The van der Waals surface area contributed by atoms with E-state index < -0.39 is 8.60 Å². The zero-order valence-electron chi connectivity index (χ0n) is 3.33. The molecule has 0 atom stereocenters. The molecule has 32 valence electrons. The van der Waals surface area contributed by atoms with Gasteiger partial charge in [0.25, 0.3) is 0 Å². The second kappa shape index (κ2) is 2.50. The molecule has 4 N–H and O–H groups in total. The molecule has 0 aliphatic rings. The highest BCUT2D eigenvalue weighted by Crippen LogP contribution is 2.19. The maximum atomic E-state index is 7.63. The van der Waals surface area contributed by atoms with Gasteiger partial charge in [0.1, 0.15) is 0 Å². The Labute approximate surface area is 31.6 Å². The fraction of sp³-hybridized carbons (Fsp3) is 0. The smallest absolute Gasteiger partial charge is 0.327 e. The topological polar surface area (TPSA) is 75.7 Å². The summed E-state index contributed by atoms with van der Waals surface area (Å²) in [6, 6.07) is 0. The van der Waals surface area contributed by atoms with Crippen LogP contribution in [0.2, 0.25) is 0 Å².